The van der Waals surface area contributed by atoms with Crippen molar-refractivity contribution in [3.8, 4) is 0 Å². The Balaban J connectivity index is 2.08. The standard InChI is InChI=1S/C9H13N5O2/c10-13-8-4-11-7(3-12-8)9(16)14-2-1-6(15)5-14/h3-4,6,15H,1-2,5,10H2,(H,12,13). The highest BCUT2D eigenvalue weighted by atomic mass is 16.3. The van der Waals surface area contributed by atoms with Crippen molar-refractivity contribution < 1.29 is 9.90 Å². The summed E-state index contributed by atoms with van der Waals surface area (Å²) in [7, 11) is 0. The SMILES string of the molecule is NNc1cnc(C(=O)N2CCC(O)C2)cn1. The van der Waals surface area contributed by atoms with E-state index in [2.05, 4.69) is 15.4 Å². The third kappa shape index (κ3) is 2.10. The van der Waals surface area contributed by atoms with Gasteiger partial charge in [0.1, 0.15) is 5.69 Å². The van der Waals surface area contributed by atoms with Gasteiger partial charge in [-0.2, -0.15) is 0 Å². The zero-order valence-corrected chi connectivity index (χ0v) is 8.63. The van der Waals surface area contributed by atoms with Gasteiger partial charge < -0.3 is 15.4 Å². The van der Waals surface area contributed by atoms with Crippen molar-refractivity contribution >= 4 is 11.7 Å². The van der Waals surface area contributed by atoms with Gasteiger partial charge in [0.25, 0.3) is 5.91 Å². The summed E-state index contributed by atoms with van der Waals surface area (Å²) in [6.45, 7) is 0.913. The lowest BCUT2D eigenvalue weighted by Gasteiger charge is -2.14. The van der Waals surface area contributed by atoms with Crippen LogP contribution in [0, 0.1) is 0 Å². The van der Waals surface area contributed by atoms with Crippen LogP contribution in [-0.2, 0) is 0 Å². The van der Waals surface area contributed by atoms with E-state index in [1.807, 2.05) is 0 Å². The lowest BCUT2D eigenvalue weighted by atomic mass is 10.3. The largest absolute Gasteiger partial charge is 0.391 e. The molecule has 0 aliphatic carbocycles. The minimum Gasteiger partial charge on any atom is -0.391 e. The van der Waals surface area contributed by atoms with E-state index in [4.69, 9.17) is 5.84 Å². The molecule has 1 aliphatic heterocycles. The van der Waals surface area contributed by atoms with Gasteiger partial charge in [-0.15, -0.1) is 0 Å². The van der Waals surface area contributed by atoms with Gasteiger partial charge in [-0.05, 0) is 6.42 Å². The number of hydrogen-bond acceptors (Lipinski definition) is 6. The number of rotatable bonds is 2. The third-order valence-electron chi connectivity index (χ3n) is 2.47. The number of aromatic nitrogens is 2. The van der Waals surface area contributed by atoms with Crippen LogP contribution in [0.15, 0.2) is 12.4 Å². The highest BCUT2D eigenvalue weighted by Gasteiger charge is 2.26. The van der Waals surface area contributed by atoms with E-state index in [1.165, 1.54) is 12.4 Å². The molecule has 1 aromatic rings. The van der Waals surface area contributed by atoms with Gasteiger partial charge in [-0.25, -0.2) is 15.8 Å². The monoisotopic (exact) mass is 223 g/mol. The quantitative estimate of drug-likeness (QED) is 0.437. The zero-order chi connectivity index (χ0) is 11.5. The number of aliphatic hydroxyl groups excluding tert-OH is 1. The summed E-state index contributed by atoms with van der Waals surface area (Å²) in [6.07, 6.45) is 2.94. The summed E-state index contributed by atoms with van der Waals surface area (Å²) in [6, 6.07) is 0. The Kier molecular flexibility index (Phi) is 2.97. The Hall–Kier alpha value is -1.73. The molecule has 1 aliphatic rings. The summed E-state index contributed by atoms with van der Waals surface area (Å²) in [5, 5.41) is 9.32. The molecule has 1 unspecified atom stereocenters. The number of β-amino-alcohol motifs (C(OH)–C–C–N with tert-alkyl or cyclic N) is 1. The number of nitrogens with two attached hydrogens (primary N) is 1. The number of nitrogens with one attached hydrogen (secondary N) is 1. The molecule has 4 N–H and O–H groups in total. The normalized spacial score (nSPS) is 19.9. The Bertz CT molecular complexity index is 380. The highest BCUT2D eigenvalue weighted by Crippen LogP contribution is 2.12. The lowest BCUT2D eigenvalue weighted by molar-refractivity contribution is 0.0759. The maximum atomic E-state index is 11.9. The van der Waals surface area contributed by atoms with Crippen LogP contribution >= 0.6 is 0 Å². The Labute approximate surface area is 92.3 Å². The van der Waals surface area contributed by atoms with E-state index in [0.29, 0.717) is 25.3 Å². The van der Waals surface area contributed by atoms with Crippen LogP contribution in [0.2, 0.25) is 0 Å². The van der Waals surface area contributed by atoms with E-state index in [9.17, 15) is 9.90 Å². The molecule has 16 heavy (non-hydrogen) atoms. The number of likely N-dealkylation sites (tertiary alicyclic amines) is 1. The smallest absolute Gasteiger partial charge is 0.274 e. The molecule has 2 heterocycles. The molecule has 0 bridgehead atoms. The molecule has 1 aromatic heterocycles. The van der Waals surface area contributed by atoms with Crippen LogP contribution in [0.4, 0.5) is 5.82 Å². The Morgan fingerprint density at radius 3 is 2.88 bits per heavy atom. The van der Waals surface area contributed by atoms with Gasteiger partial charge in [-0.3, -0.25) is 4.79 Å². The molecule has 0 saturated carbocycles. The molecular weight excluding hydrogens is 210 g/mol. The molecule has 7 heteroatoms. The van der Waals surface area contributed by atoms with E-state index >= 15 is 0 Å². The van der Waals surface area contributed by atoms with Gasteiger partial charge in [0, 0.05) is 13.1 Å². The number of anilines is 1. The first kappa shape index (κ1) is 10.8. The van der Waals surface area contributed by atoms with E-state index in [-0.39, 0.29) is 11.6 Å². The molecular formula is C9H13N5O2. The average molecular weight is 223 g/mol. The van der Waals surface area contributed by atoms with Gasteiger partial charge in [0.05, 0.1) is 18.5 Å². The molecule has 1 saturated heterocycles. The van der Waals surface area contributed by atoms with Gasteiger partial charge in [0.15, 0.2) is 5.82 Å². The number of hydrogen-bond donors (Lipinski definition) is 3. The van der Waals surface area contributed by atoms with Crippen LogP contribution in [0.5, 0.6) is 0 Å². The van der Waals surface area contributed by atoms with Crippen molar-refractivity contribution in [3.05, 3.63) is 18.1 Å². The first-order chi connectivity index (χ1) is 7.70. The van der Waals surface area contributed by atoms with Gasteiger partial charge >= 0.3 is 0 Å². The number of amides is 1. The van der Waals surface area contributed by atoms with Crippen LogP contribution in [0.1, 0.15) is 16.9 Å². The molecule has 0 radical (unpaired) electrons. The maximum absolute atomic E-state index is 11.9. The Morgan fingerprint density at radius 1 is 1.56 bits per heavy atom. The van der Waals surface area contributed by atoms with Crippen LogP contribution in [0.3, 0.4) is 0 Å². The van der Waals surface area contributed by atoms with Crippen LogP contribution in [0.25, 0.3) is 0 Å². The van der Waals surface area contributed by atoms with Crippen LogP contribution < -0.4 is 11.3 Å². The molecule has 0 spiro atoms. The van der Waals surface area contributed by atoms with Crippen molar-refractivity contribution in [3.63, 3.8) is 0 Å². The number of nitrogen functional groups attached to an aromatic ring is 1. The van der Waals surface area contributed by atoms with E-state index < -0.39 is 6.10 Å². The summed E-state index contributed by atoms with van der Waals surface area (Å²) in [4.78, 5) is 21.3. The summed E-state index contributed by atoms with van der Waals surface area (Å²) < 4.78 is 0. The summed E-state index contributed by atoms with van der Waals surface area (Å²) >= 11 is 0. The Morgan fingerprint density at radius 2 is 2.38 bits per heavy atom. The molecule has 1 atom stereocenters. The predicted molar refractivity (Wildman–Crippen MR) is 56.4 cm³/mol. The van der Waals surface area contributed by atoms with Crippen molar-refractivity contribution in [2.24, 2.45) is 5.84 Å². The highest BCUT2D eigenvalue weighted by molar-refractivity contribution is 5.92. The maximum Gasteiger partial charge on any atom is 0.274 e. The fourth-order valence-corrected chi connectivity index (χ4v) is 1.60. The molecule has 1 fully saturated rings. The van der Waals surface area contributed by atoms with E-state index in [0.717, 1.165) is 0 Å². The third-order valence-corrected chi connectivity index (χ3v) is 2.47. The fraction of sp³-hybridized carbons (Fsp3) is 0.444. The molecule has 2 rings (SSSR count). The molecule has 86 valence electrons. The van der Waals surface area contributed by atoms with Crippen molar-refractivity contribution in [2.75, 3.05) is 18.5 Å². The second-order valence-electron chi connectivity index (χ2n) is 3.62. The van der Waals surface area contributed by atoms with E-state index in [1.54, 1.807) is 4.90 Å². The first-order valence-corrected chi connectivity index (χ1v) is 4.96. The summed E-state index contributed by atoms with van der Waals surface area (Å²) in [5.41, 5.74) is 2.59. The van der Waals surface area contributed by atoms with Crippen molar-refractivity contribution in [1.29, 1.82) is 0 Å². The van der Waals surface area contributed by atoms with Crippen molar-refractivity contribution in [2.45, 2.75) is 12.5 Å². The first-order valence-electron chi connectivity index (χ1n) is 4.96. The predicted octanol–water partition coefficient (Wildman–Crippen LogP) is -1.03. The van der Waals surface area contributed by atoms with Gasteiger partial charge in [-0.1, -0.05) is 0 Å². The number of nitrogens with zero attached hydrogens (tertiary/aromatic N) is 3. The molecule has 7 nitrogen and oxygen atoms in total. The average Bonchev–Trinajstić information content (AvgIpc) is 2.75. The molecule has 0 aromatic carbocycles. The number of hydrazine groups is 1. The zero-order valence-electron chi connectivity index (χ0n) is 8.63. The second kappa shape index (κ2) is 4.42. The minimum absolute atomic E-state index is 0.215. The summed E-state index contributed by atoms with van der Waals surface area (Å²) in [5.74, 6) is 5.32. The minimum atomic E-state index is -0.429. The van der Waals surface area contributed by atoms with Gasteiger partial charge in [0.2, 0.25) is 0 Å². The number of carbonyl (C=O) groups excluding carboxylic acids is 1. The number of aliphatic hydroxyl groups is 1. The fourth-order valence-electron chi connectivity index (χ4n) is 1.60. The lowest BCUT2D eigenvalue weighted by Crippen LogP contribution is -2.30. The second-order valence-corrected chi connectivity index (χ2v) is 3.62. The number of carbonyl (C=O) groups is 1. The van der Waals surface area contributed by atoms with Crippen LogP contribution in [-0.4, -0.2) is 45.1 Å². The molecule has 1 amide bonds. The topological polar surface area (TPSA) is 104 Å². The van der Waals surface area contributed by atoms with Crippen molar-refractivity contribution in [1.82, 2.24) is 14.9 Å².